The summed E-state index contributed by atoms with van der Waals surface area (Å²) in [4.78, 5) is 15.3. The van der Waals surface area contributed by atoms with Crippen LogP contribution in [0, 0.1) is 0 Å². The maximum Gasteiger partial charge on any atom is 0.265 e. The standard InChI is InChI=1S/C20H25N3O4S/c1-15(20(24)21-9-4-10-22-11-13-27-14-12-22)23-17-7-2-5-16-6-3-8-18(19(16)17)28(23,25)26/h2-3,5-8,15H,4,9-14H2,1H3,(H,21,24)/t15-/m0/s1. The third-order valence-electron chi connectivity index (χ3n) is 5.40. The maximum absolute atomic E-state index is 13.1. The summed E-state index contributed by atoms with van der Waals surface area (Å²) in [5, 5.41) is 4.44. The van der Waals surface area contributed by atoms with E-state index in [9.17, 15) is 13.2 Å². The van der Waals surface area contributed by atoms with Crippen molar-refractivity contribution in [2.45, 2.75) is 24.3 Å². The van der Waals surface area contributed by atoms with Gasteiger partial charge in [0.2, 0.25) is 5.91 Å². The molecule has 0 saturated carbocycles. The Labute approximate surface area is 165 Å². The Kier molecular flexibility index (Phi) is 5.27. The molecule has 0 aliphatic carbocycles. The molecule has 0 unspecified atom stereocenters. The molecule has 0 bridgehead atoms. The van der Waals surface area contributed by atoms with Crippen molar-refractivity contribution < 1.29 is 17.9 Å². The number of anilines is 1. The van der Waals surface area contributed by atoms with Crippen LogP contribution < -0.4 is 9.62 Å². The summed E-state index contributed by atoms with van der Waals surface area (Å²) in [6, 6.07) is 9.88. The minimum absolute atomic E-state index is 0.271. The Bertz CT molecular complexity index is 981. The van der Waals surface area contributed by atoms with Crippen LogP contribution in [0.25, 0.3) is 10.8 Å². The maximum atomic E-state index is 13.1. The molecule has 1 atom stereocenters. The molecule has 1 amide bonds. The number of sulfonamides is 1. The topological polar surface area (TPSA) is 79.0 Å². The Hall–Kier alpha value is -2.16. The predicted octanol–water partition coefficient (Wildman–Crippen LogP) is 1.58. The van der Waals surface area contributed by atoms with Crippen molar-refractivity contribution in [3.63, 3.8) is 0 Å². The van der Waals surface area contributed by atoms with Gasteiger partial charge in [-0.1, -0.05) is 24.3 Å². The molecule has 8 heteroatoms. The molecule has 0 radical (unpaired) electrons. The van der Waals surface area contributed by atoms with Crippen molar-refractivity contribution in [2.24, 2.45) is 0 Å². The number of morpholine rings is 1. The lowest BCUT2D eigenvalue weighted by atomic mass is 10.1. The molecule has 150 valence electrons. The van der Waals surface area contributed by atoms with Crippen LogP contribution in [0.5, 0.6) is 0 Å². The van der Waals surface area contributed by atoms with Gasteiger partial charge in [0.1, 0.15) is 6.04 Å². The molecule has 2 aromatic carbocycles. The number of nitrogens with one attached hydrogen (secondary N) is 1. The average Bonchev–Trinajstić information content (AvgIpc) is 2.94. The van der Waals surface area contributed by atoms with Gasteiger partial charge in [0.05, 0.1) is 23.8 Å². The van der Waals surface area contributed by atoms with Crippen molar-refractivity contribution in [2.75, 3.05) is 43.7 Å². The summed E-state index contributed by atoms with van der Waals surface area (Å²) in [6.45, 7) is 6.39. The Morgan fingerprint density at radius 2 is 1.89 bits per heavy atom. The van der Waals surface area contributed by atoms with Crippen LogP contribution in [-0.4, -0.2) is 64.7 Å². The van der Waals surface area contributed by atoms with E-state index in [0.29, 0.717) is 17.6 Å². The fourth-order valence-electron chi connectivity index (χ4n) is 3.93. The van der Waals surface area contributed by atoms with Gasteiger partial charge < -0.3 is 10.1 Å². The summed E-state index contributed by atoms with van der Waals surface area (Å²) in [5.74, 6) is -0.282. The van der Waals surface area contributed by atoms with Gasteiger partial charge in [-0.2, -0.15) is 0 Å². The Balaban J connectivity index is 1.44. The highest BCUT2D eigenvalue weighted by Gasteiger charge is 2.40. The number of hydrogen-bond donors (Lipinski definition) is 1. The number of carbonyl (C=O) groups is 1. The van der Waals surface area contributed by atoms with Gasteiger partial charge in [0.15, 0.2) is 0 Å². The largest absolute Gasteiger partial charge is 0.379 e. The number of ether oxygens (including phenoxy) is 1. The number of nitrogens with zero attached hydrogens (tertiary/aromatic N) is 2. The molecular formula is C20H25N3O4S. The lowest BCUT2D eigenvalue weighted by Crippen LogP contribution is -2.47. The normalized spacial score (nSPS) is 19.7. The molecule has 28 heavy (non-hydrogen) atoms. The second-order valence-corrected chi connectivity index (χ2v) is 8.99. The average molecular weight is 404 g/mol. The fourth-order valence-corrected chi connectivity index (χ4v) is 5.80. The number of hydrogen-bond acceptors (Lipinski definition) is 5. The van der Waals surface area contributed by atoms with E-state index in [-0.39, 0.29) is 10.8 Å². The van der Waals surface area contributed by atoms with Crippen LogP contribution >= 0.6 is 0 Å². The number of amides is 1. The van der Waals surface area contributed by atoms with E-state index in [1.165, 1.54) is 4.31 Å². The Morgan fingerprint density at radius 1 is 1.18 bits per heavy atom. The van der Waals surface area contributed by atoms with Crippen molar-refractivity contribution in [3.05, 3.63) is 36.4 Å². The quantitative estimate of drug-likeness (QED) is 0.741. The van der Waals surface area contributed by atoms with Crippen molar-refractivity contribution in [1.29, 1.82) is 0 Å². The van der Waals surface area contributed by atoms with Gasteiger partial charge in [0, 0.05) is 25.0 Å². The molecule has 1 saturated heterocycles. The minimum atomic E-state index is -3.74. The smallest absolute Gasteiger partial charge is 0.265 e. The summed E-state index contributed by atoms with van der Waals surface area (Å²) >= 11 is 0. The molecule has 1 fully saturated rings. The van der Waals surface area contributed by atoms with Crippen LogP contribution in [0.4, 0.5) is 5.69 Å². The molecule has 0 spiro atoms. The summed E-state index contributed by atoms with van der Waals surface area (Å²) in [7, 11) is -3.74. The van der Waals surface area contributed by atoms with Gasteiger partial charge >= 0.3 is 0 Å². The molecule has 4 rings (SSSR count). The van der Waals surface area contributed by atoms with Crippen molar-refractivity contribution in [1.82, 2.24) is 10.2 Å². The first-order chi connectivity index (χ1) is 13.5. The van der Waals surface area contributed by atoms with E-state index < -0.39 is 16.1 Å². The molecule has 2 heterocycles. The zero-order valence-corrected chi connectivity index (χ0v) is 16.7. The zero-order chi connectivity index (χ0) is 19.7. The second kappa shape index (κ2) is 7.69. The van der Waals surface area contributed by atoms with Crippen LogP contribution in [0.2, 0.25) is 0 Å². The fraction of sp³-hybridized carbons (Fsp3) is 0.450. The third kappa shape index (κ3) is 3.36. The number of carbonyl (C=O) groups excluding carboxylic acids is 1. The minimum Gasteiger partial charge on any atom is -0.379 e. The number of benzene rings is 2. The van der Waals surface area contributed by atoms with Gasteiger partial charge in [-0.25, -0.2) is 8.42 Å². The molecule has 2 aliphatic heterocycles. The SMILES string of the molecule is C[C@@H](C(=O)NCCCN1CCOCC1)N1c2cccc3cccc(c23)S1(=O)=O. The lowest BCUT2D eigenvalue weighted by molar-refractivity contribution is -0.121. The van der Waals surface area contributed by atoms with E-state index >= 15 is 0 Å². The van der Waals surface area contributed by atoms with Crippen molar-refractivity contribution in [3.8, 4) is 0 Å². The van der Waals surface area contributed by atoms with Crippen LogP contribution in [0.1, 0.15) is 13.3 Å². The molecule has 0 aromatic heterocycles. The lowest BCUT2D eigenvalue weighted by Gasteiger charge is -2.27. The predicted molar refractivity (Wildman–Crippen MR) is 108 cm³/mol. The van der Waals surface area contributed by atoms with Gasteiger partial charge in [0.25, 0.3) is 10.0 Å². The van der Waals surface area contributed by atoms with Gasteiger partial charge in [-0.05, 0) is 37.4 Å². The van der Waals surface area contributed by atoms with Gasteiger partial charge in [-0.3, -0.25) is 14.0 Å². The van der Waals surface area contributed by atoms with E-state index in [0.717, 1.165) is 44.7 Å². The zero-order valence-electron chi connectivity index (χ0n) is 15.9. The monoisotopic (exact) mass is 403 g/mol. The highest BCUT2D eigenvalue weighted by molar-refractivity contribution is 7.93. The van der Waals surface area contributed by atoms with Crippen LogP contribution in [0.3, 0.4) is 0 Å². The summed E-state index contributed by atoms with van der Waals surface area (Å²) < 4.78 is 32.7. The molecule has 7 nitrogen and oxygen atoms in total. The molecular weight excluding hydrogens is 378 g/mol. The highest BCUT2D eigenvalue weighted by atomic mass is 32.2. The van der Waals surface area contributed by atoms with E-state index in [1.807, 2.05) is 18.2 Å². The molecule has 2 aromatic rings. The van der Waals surface area contributed by atoms with E-state index in [2.05, 4.69) is 10.2 Å². The molecule has 2 aliphatic rings. The Morgan fingerprint density at radius 3 is 2.64 bits per heavy atom. The second-order valence-electron chi connectivity index (χ2n) is 7.21. The van der Waals surface area contributed by atoms with Gasteiger partial charge in [-0.15, -0.1) is 0 Å². The third-order valence-corrected chi connectivity index (χ3v) is 7.33. The summed E-state index contributed by atoms with van der Waals surface area (Å²) in [6.07, 6.45) is 0.820. The van der Waals surface area contributed by atoms with Crippen molar-refractivity contribution >= 4 is 32.4 Å². The van der Waals surface area contributed by atoms with E-state index in [1.54, 1.807) is 25.1 Å². The number of rotatable bonds is 6. The first-order valence-electron chi connectivity index (χ1n) is 9.64. The van der Waals surface area contributed by atoms with Crippen LogP contribution in [0.15, 0.2) is 41.3 Å². The first-order valence-corrected chi connectivity index (χ1v) is 11.1. The first kappa shape index (κ1) is 19.2. The molecule has 1 N–H and O–H groups in total. The highest BCUT2D eigenvalue weighted by Crippen LogP contribution is 2.43. The summed E-state index contributed by atoms with van der Waals surface area (Å²) in [5.41, 5.74) is 0.573. The van der Waals surface area contributed by atoms with E-state index in [4.69, 9.17) is 4.74 Å². The van der Waals surface area contributed by atoms with Crippen LogP contribution in [-0.2, 0) is 19.6 Å².